The summed E-state index contributed by atoms with van der Waals surface area (Å²) in [6.07, 6.45) is 4.75. The number of nitrogens with two attached hydrogens (primary N) is 1. The van der Waals surface area contributed by atoms with Crippen LogP contribution in [0.3, 0.4) is 0 Å². The Morgan fingerprint density at radius 2 is 2.19 bits per heavy atom. The van der Waals surface area contributed by atoms with Crippen LogP contribution >= 0.6 is 0 Å². The molecule has 0 fully saturated rings. The summed E-state index contributed by atoms with van der Waals surface area (Å²) in [6, 6.07) is 5.05. The largest absolute Gasteiger partial charge is 0.491 e. The average molecular weight is 223 g/mol. The fraction of sp³-hybridized carbons (Fsp3) is 0.385. The van der Waals surface area contributed by atoms with Gasteiger partial charge in [0, 0.05) is 12.1 Å². The number of allylic oxidation sites excluding steroid dienone is 1. The van der Waals surface area contributed by atoms with Gasteiger partial charge in [0.2, 0.25) is 0 Å². The summed E-state index contributed by atoms with van der Waals surface area (Å²) in [7, 11) is 0. The second kappa shape index (κ2) is 7.01. The molecule has 0 saturated carbocycles. The first-order valence-corrected chi connectivity index (χ1v) is 5.50. The van der Waals surface area contributed by atoms with E-state index < -0.39 is 0 Å². The molecule has 0 radical (unpaired) electrons. The fourth-order valence-electron chi connectivity index (χ4n) is 1.40. The number of rotatable bonds is 7. The second-order valence-electron chi connectivity index (χ2n) is 3.57. The summed E-state index contributed by atoms with van der Waals surface area (Å²) >= 11 is 0. The molecule has 1 aromatic rings. The summed E-state index contributed by atoms with van der Waals surface area (Å²) in [5.74, 6) is -0.0460. The lowest BCUT2D eigenvalue weighted by molar-refractivity contribution is 0.291. The number of halogens is 1. The second-order valence-corrected chi connectivity index (χ2v) is 3.57. The summed E-state index contributed by atoms with van der Waals surface area (Å²) < 4.78 is 19.0. The third-order valence-corrected chi connectivity index (χ3v) is 2.32. The van der Waals surface area contributed by atoms with Gasteiger partial charge in [-0.3, -0.25) is 0 Å². The van der Waals surface area contributed by atoms with Crippen molar-refractivity contribution >= 4 is 0 Å². The van der Waals surface area contributed by atoms with E-state index in [1.54, 1.807) is 18.2 Å². The maximum Gasteiger partial charge on any atom is 0.169 e. The zero-order valence-electron chi connectivity index (χ0n) is 9.42. The van der Waals surface area contributed by atoms with Crippen LogP contribution in [0, 0.1) is 5.82 Å². The van der Waals surface area contributed by atoms with E-state index in [0.29, 0.717) is 17.9 Å². The van der Waals surface area contributed by atoms with E-state index in [1.807, 2.05) is 6.08 Å². The highest BCUT2D eigenvalue weighted by atomic mass is 19.1. The average Bonchev–Trinajstić information content (AvgIpc) is 2.31. The van der Waals surface area contributed by atoms with Crippen molar-refractivity contribution in [2.45, 2.75) is 25.8 Å². The van der Waals surface area contributed by atoms with Gasteiger partial charge in [-0.15, -0.1) is 6.58 Å². The summed E-state index contributed by atoms with van der Waals surface area (Å²) in [5, 5.41) is 0. The Morgan fingerprint density at radius 3 is 2.88 bits per heavy atom. The van der Waals surface area contributed by atoms with E-state index in [2.05, 4.69) is 6.58 Å². The molecule has 0 aliphatic heterocycles. The van der Waals surface area contributed by atoms with Gasteiger partial charge in [0.25, 0.3) is 0 Å². The summed E-state index contributed by atoms with van der Waals surface area (Å²) in [4.78, 5) is 0. The Labute approximate surface area is 95.9 Å². The van der Waals surface area contributed by atoms with Crippen molar-refractivity contribution in [3.05, 3.63) is 42.2 Å². The topological polar surface area (TPSA) is 35.2 Å². The van der Waals surface area contributed by atoms with Crippen LogP contribution < -0.4 is 10.5 Å². The van der Waals surface area contributed by atoms with Crippen molar-refractivity contribution in [2.24, 2.45) is 5.73 Å². The third-order valence-electron chi connectivity index (χ3n) is 2.32. The molecule has 0 heterocycles. The first-order valence-electron chi connectivity index (χ1n) is 5.50. The number of hydrogen-bond donors (Lipinski definition) is 1. The van der Waals surface area contributed by atoms with Crippen molar-refractivity contribution in [1.29, 1.82) is 0 Å². The maximum atomic E-state index is 13.6. The molecular weight excluding hydrogens is 205 g/mol. The van der Waals surface area contributed by atoms with Crippen LogP contribution in [0.5, 0.6) is 5.75 Å². The Bertz CT molecular complexity index is 339. The molecule has 0 aliphatic rings. The normalized spacial score (nSPS) is 10.1. The smallest absolute Gasteiger partial charge is 0.169 e. The maximum absolute atomic E-state index is 13.6. The van der Waals surface area contributed by atoms with E-state index >= 15 is 0 Å². The van der Waals surface area contributed by atoms with Crippen LogP contribution in [0.15, 0.2) is 30.9 Å². The molecule has 0 amide bonds. The standard InChI is InChI=1S/C13H18FNO/c1-2-3-4-5-9-16-12-8-6-7-11(10-15)13(12)14/h2,6-8H,1,3-5,9-10,15H2. The highest BCUT2D eigenvalue weighted by Crippen LogP contribution is 2.20. The van der Waals surface area contributed by atoms with Gasteiger partial charge >= 0.3 is 0 Å². The van der Waals surface area contributed by atoms with Crippen LogP contribution in [0.4, 0.5) is 4.39 Å². The van der Waals surface area contributed by atoms with E-state index in [1.165, 1.54) is 0 Å². The molecule has 0 aliphatic carbocycles. The van der Waals surface area contributed by atoms with Crippen molar-refractivity contribution in [3.8, 4) is 5.75 Å². The molecule has 3 heteroatoms. The fourth-order valence-corrected chi connectivity index (χ4v) is 1.40. The Hall–Kier alpha value is -1.35. The van der Waals surface area contributed by atoms with Gasteiger partial charge in [0.15, 0.2) is 11.6 Å². The molecule has 1 aromatic carbocycles. The van der Waals surface area contributed by atoms with Gasteiger partial charge in [-0.25, -0.2) is 4.39 Å². The van der Waals surface area contributed by atoms with Crippen LogP contribution in [-0.2, 0) is 6.54 Å². The van der Waals surface area contributed by atoms with E-state index in [0.717, 1.165) is 19.3 Å². The molecular formula is C13H18FNO. The lowest BCUT2D eigenvalue weighted by atomic mass is 10.2. The first kappa shape index (κ1) is 12.7. The van der Waals surface area contributed by atoms with Crippen molar-refractivity contribution in [3.63, 3.8) is 0 Å². The van der Waals surface area contributed by atoms with E-state index in [4.69, 9.17) is 10.5 Å². The molecule has 0 unspecified atom stereocenters. The molecule has 0 aromatic heterocycles. The predicted molar refractivity (Wildman–Crippen MR) is 63.8 cm³/mol. The van der Waals surface area contributed by atoms with E-state index in [9.17, 15) is 4.39 Å². The lowest BCUT2D eigenvalue weighted by Gasteiger charge is -2.08. The number of ether oxygens (including phenoxy) is 1. The molecule has 88 valence electrons. The van der Waals surface area contributed by atoms with Crippen molar-refractivity contribution in [1.82, 2.24) is 0 Å². The predicted octanol–water partition coefficient (Wildman–Crippen LogP) is 3.02. The minimum absolute atomic E-state index is 0.194. The van der Waals surface area contributed by atoms with Gasteiger partial charge in [0.05, 0.1) is 6.61 Å². The van der Waals surface area contributed by atoms with Crippen LogP contribution in [-0.4, -0.2) is 6.61 Å². The highest BCUT2D eigenvalue weighted by molar-refractivity contribution is 5.30. The van der Waals surface area contributed by atoms with Gasteiger partial charge in [0.1, 0.15) is 0 Å². The van der Waals surface area contributed by atoms with Crippen LogP contribution in [0.25, 0.3) is 0 Å². The molecule has 0 atom stereocenters. The highest BCUT2D eigenvalue weighted by Gasteiger charge is 2.07. The SMILES string of the molecule is C=CCCCCOc1cccc(CN)c1F. The number of unbranched alkanes of at least 4 members (excludes halogenated alkanes) is 2. The molecule has 0 spiro atoms. The Balaban J connectivity index is 2.44. The minimum atomic E-state index is -0.339. The third kappa shape index (κ3) is 3.66. The summed E-state index contributed by atoms with van der Waals surface area (Å²) in [6.45, 7) is 4.36. The molecule has 16 heavy (non-hydrogen) atoms. The Kier molecular flexibility index (Phi) is 5.57. The van der Waals surface area contributed by atoms with E-state index in [-0.39, 0.29) is 12.4 Å². The van der Waals surface area contributed by atoms with Gasteiger partial charge in [-0.05, 0) is 25.3 Å². The van der Waals surface area contributed by atoms with Gasteiger partial charge < -0.3 is 10.5 Å². The quantitative estimate of drug-likeness (QED) is 0.569. The summed E-state index contributed by atoms with van der Waals surface area (Å²) in [5.41, 5.74) is 5.90. The van der Waals surface area contributed by atoms with Crippen LogP contribution in [0.1, 0.15) is 24.8 Å². The van der Waals surface area contributed by atoms with Crippen molar-refractivity contribution in [2.75, 3.05) is 6.61 Å². The monoisotopic (exact) mass is 223 g/mol. The number of benzene rings is 1. The number of hydrogen-bond acceptors (Lipinski definition) is 2. The first-order chi connectivity index (χ1) is 7.79. The zero-order chi connectivity index (χ0) is 11.8. The molecule has 0 bridgehead atoms. The minimum Gasteiger partial charge on any atom is -0.491 e. The molecule has 2 N–H and O–H groups in total. The van der Waals surface area contributed by atoms with Gasteiger partial charge in [-0.1, -0.05) is 18.2 Å². The molecule has 0 saturated heterocycles. The molecule has 1 rings (SSSR count). The lowest BCUT2D eigenvalue weighted by Crippen LogP contribution is -2.04. The Morgan fingerprint density at radius 1 is 1.38 bits per heavy atom. The zero-order valence-corrected chi connectivity index (χ0v) is 9.42. The van der Waals surface area contributed by atoms with Crippen LogP contribution in [0.2, 0.25) is 0 Å². The van der Waals surface area contributed by atoms with Gasteiger partial charge in [-0.2, -0.15) is 0 Å². The molecule has 2 nitrogen and oxygen atoms in total. The van der Waals surface area contributed by atoms with Crippen molar-refractivity contribution < 1.29 is 9.13 Å².